The molecule has 0 unspecified atom stereocenters. The average Bonchev–Trinajstić information content (AvgIpc) is 2.25. The van der Waals surface area contributed by atoms with Crippen molar-refractivity contribution in [1.82, 2.24) is 0 Å². The molecule has 0 amide bonds. The Morgan fingerprint density at radius 1 is 1.10 bits per heavy atom. The fourth-order valence-electron chi connectivity index (χ4n) is 2.65. The molecule has 0 saturated heterocycles. The van der Waals surface area contributed by atoms with Crippen molar-refractivity contribution in [2.24, 2.45) is 0 Å². The molecule has 0 aliphatic rings. The largest absolute Gasteiger partial charge is 0.507 e. The van der Waals surface area contributed by atoms with Gasteiger partial charge in [-0.15, -0.1) is 0 Å². The van der Waals surface area contributed by atoms with Crippen LogP contribution >= 0.6 is 0 Å². The summed E-state index contributed by atoms with van der Waals surface area (Å²) in [5.41, 5.74) is 1.12. The molecule has 0 radical (unpaired) electrons. The number of rotatable bonds is 3. The van der Waals surface area contributed by atoms with Gasteiger partial charge in [0, 0.05) is 17.7 Å². The van der Waals surface area contributed by atoms with Crippen LogP contribution in [0.1, 0.15) is 68.6 Å². The van der Waals surface area contributed by atoms with Gasteiger partial charge in [-0.25, -0.2) is 4.79 Å². The average molecular weight is 294 g/mol. The van der Waals surface area contributed by atoms with Gasteiger partial charge in [-0.3, -0.25) is 0 Å². The molecule has 0 fully saturated rings. The van der Waals surface area contributed by atoms with Crippen LogP contribution in [0.15, 0.2) is 6.07 Å². The number of carbonyl (C=O) groups is 1. The number of carboxylic acids is 1. The predicted octanol–water partition coefficient (Wildman–Crippen LogP) is 3.22. The van der Waals surface area contributed by atoms with E-state index >= 15 is 0 Å². The maximum Gasteiger partial charge on any atom is 0.335 e. The van der Waals surface area contributed by atoms with Crippen molar-refractivity contribution in [3.8, 4) is 5.75 Å². The second-order valence-electron chi connectivity index (χ2n) is 7.45. The van der Waals surface area contributed by atoms with Crippen LogP contribution in [-0.4, -0.2) is 27.9 Å². The van der Waals surface area contributed by atoms with Crippen LogP contribution in [-0.2, 0) is 17.3 Å². The summed E-state index contributed by atoms with van der Waals surface area (Å²) in [4.78, 5) is 11.6. The van der Waals surface area contributed by atoms with E-state index in [1.165, 1.54) is 6.07 Å². The minimum Gasteiger partial charge on any atom is -0.507 e. The smallest absolute Gasteiger partial charge is 0.335 e. The molecule has 3 N–H and O–H groups in total. The van der Waals surface area contributed by atoms with Gasteiger partial charge in [0.2, 0.25) is 0 Å². The number of hydrogen-bond acceptors (Lipinski definition) is 3. The first-order chi connectivity index (χ1) is 9.41. The molecule has 0 spiro atoms. The summed E-state index contributed by atoms with van der Waals surface area (Å²) in [6, 6.07) is 1.54. The molecule has 1 rings (SSSR count). The van der Waals surface area contributed by atoms with Crippen molar-refractivity contribution in [2.75, 3.05) is 6.61 Å². The lowest BCUT2D eigenvalue weighted by molar-refractivity contribution is 0.0695. The van der Waals surface area contributed by atoms with Gasteiger partial charge in [0.1, 0.15) is 5.75 Å². The fourth-order valence-corrected chi connectivity index (χ4v) is 2.65. The Bertz CT molecular complexity index is 545. The summed E-state index contributed by atoms with van der Waals surface area (Å²) in [7, 11) is 0. The molecular weight excluding hydrogens is 268 g/mol. The third-order valence-electron chi connectivity index (χ3n) is 3.56. The van der Waals surface area contributed by atoms with Crippen LogP contribution < -0.4 is 0 Å². The highest BCUT2D eigenvalue weighted by molar-refractivity contribution is 5.91. The summed E-state index contributed by atoms with van der Waals surface area (Å²) in [5, 5.41) is 29.5. The highest BCUT2D eigenvalue weighted by Crippen LogP contribution is 2.42. The van der Waals surface area contributed by atoms with E-state index < -0.39 is 11.4 Å². The molecule has 4 nitrogen and oxygen atoms in total. The van der Waals surface area contributed by atoms with Gasteiger partial charge >= 0.3 is 5.97 Å². The van der Waals surface area contributed by atoms with Crippen LogP contribution in [0.5, 0.6) is 5.75 Å². The van der Waals surface area contributed by atoms with E-state index in [9.17, 15) is 20.1 Å². The quantitative estimate of drug-likeness (QED) is 0.800. The minimum absolute atomic E-state index is 0.142. The third kappa shape index (κ3) is 3.56. The lowest BCUT2D eigenvalue weighted by Gasteiger charge is -2.30. The Kier molecular flexibility index (Phi) is 4.73. The third-order valence-corrected chi connectivity index (χ3v) is 3.56. The normalized spacial score (nSPS) is 12.5. The van der Waals surface area contributed by atoms with E-state index in [1.807, 2.05) is 41.5 Å². The topological polar surface area (TPSA) is 77.8 Å². The number of phenols is 1. The molecule has 118 valence electrons. The maximum atomic E-state index is 11.6. The number of aliphatic hydroxyl groups is 1. The summed E-state index contributed by atoms with van der Waals surface area (Å²) < 4.78 is 0. The van der Waals surface area contributed by atoms with Crippen molar-refractivity contribution < 1.29 is 20.1 Å². The summed E-state index contributed by atoms with van der Waals surface area (Å²) in [5.74, 6) is -0.891. The van der Waals surface area contributed by atoms with Gasteiger partial charge in [0.25, 0.3) is 0 Å². The zero-order valence-electron chi connectivity index (χ0n) is 13.7. The molecule has 0 bridgehead atoms. The zero-order chi connectivity index (χ0) is 16.6. The molecular formula is C17H26O4. The molecule has 0 aromatic heterocycles. The first-order valence-electron chi connectivity index (χ1n) is 7.15. The first kappa shape index (κ1) is 17.5. The lowest BCUT2D eigenvalue weighted by Crippen LogP contribution is -2.22. The van der Waals surface area contributed by atoms with Crippen molar-refractivity contribution in [2.45, 2.75) is 58.8 Å². The van der Waals surface area contributed by atoms with E-state index in [0.29, 0.717) is 16.7 Å². The van der Waals surface area contributed by atoms with Gasteiger partial charge < -0.3 is 15.3 Å². The number of aromatic hydroxyl groups is 1. The summed E-state index contributed by atoms with van der Waals surface area (Å²) in [6.07, 6.45) is 0.215. The molecule has 0 aliphatic heterocycles. The van der Waals surface area contributed by atoms with Crippen LogP contribution in [0.3, 0.4) is 0 Å². The van der Waals surface area contributed by atoms with E-state index in [0.717, 1.165) is 0 Å². The van der Waals surface area contributed by atoms with Gasteiger partial charge in [-0.05, 0) is 28.9 Å². The van der Waals surface area contributed by atoms with Crippen LogP contribution in [0.2, 0.25) is 0 Å². The Labute approximate surface area is 126 Å². The Morgan fingerprint density at radius 3 is 1.95 bits per heavy atom. The number of carboxylic acid groups (broad SMARTS) is 1. The summed E-state index contributed by atoms with van der Waals surface area (Å²) in [6.45, 7) is 11.4. The number of hydrogen-bond donors (Lipinski definition) is 3. The van der Waals surface area contributed by atoms with Crippen molar-refractivity contribution in [3.05, 3.63) is 28.3 Å². The zero-order valence-corrected chi connectivity index (χ0v) is 13.7. The van der Waals surface area contributed by atoms with E-state index in [2.05, 4.69) is 0 Å². The first-order valence-corrected chi connectivity index (χ1v) is 7.15. The van der Waals surface area contributed by atoms with Crippen LogP contribution in [0.4, 0.5) is 0 Å². The molecule has 21 heavy (non-hydrogen) atoms. The standard InChI is InChI=1S/C17H26O4/c1-16(2,3)12-9-11(15(20)21)10(7-8-18)13(14(12)19)17(4,5)6/h9,18-19H,7-8H2,1-6H3,(H,20,21). The van der Waals surface area contributed by atoms with Crippen LogP contribution in [0.25, 0.3) is 0 Å². The highest BCUT2D eigenvalue weighted by Gasteiger charge is 2.31. The Hall–Kier alpha value is -1.55. The van der Waals surface area contributed by atoms with E-state index in [-0.39, 0.29) is 29.8 Å². The van der Waals surface area contributed by atoms with Gasteiger partial charge in [0.15, 0.2) is 0 Å². The fraction of sp³-hybridized carbons (Fsp3) is 0.588. The molecule has 0 saturated carbocycles. The monoisotopic (exact) mass is 294 g/mol. The second kappa shape index (κ2) is 5.68. The SMILES string of the molecule is CC(C)(C)c1cc(C(=O)O)c(CCO)c(C(C)(C)C)c1O. The van der Waals surface area contributed by atoms with Gasteiger partial charge in [-0.2, -0.15) is 0 Å². The number of aromatic carboxylic acids is 1. The molecule has 1 aromatic carbocycles. The Morgan fingerprint density at radius 2 is 1.62 bits per heavy atom. The van der Waals surface area contributed by atoms with Crippen LogP contribution in [0, 0.1) is 0 Å². The molecule has 0 heterocycles. The van der Waals surface area contributed by atoms with Gasteiger partial charge in [0.05, 0.1) is 5.56 Å². The minimum atomic E-state index is -1.03. The predicted molar refractivity (Wildman–Crippen MR) is 83.3 cm³/mol. The second-order valence-corrected chi connectivity index (χ2v) is 7.45. The molecule has 1 aromatic rings. The van der Waals surface area contributed by atoms with E-state index in [1.54, 1.807) is 0 Å². The van der Waals surface area contributed by atoms with Crippen molar-refractivity contribution in [1.29, 1.82) is 0 Å². The highest BCUT2D eigenvalue weighted by atomic mass is 16.4. The summed E-state index contributed by atoms with van der Waals surface area (Å²) >= 11 is 0. The number of benzene rings is 1. The Balaban J connectivity index is 3.87. The van der Waals surface area contributed by atoms with E-state index in [4.69, 9.17) is 0 Å². The van der Waals surface area contributed by atoms with Gasteiger partial charge in [-0.1, -0.05) is 41.5 Å². The molecule has 4 heteroatoms. The van der Waals surface area contributed by atoms with Crippen molar-refractivity contribution >= 4 is 5.97 Å². The molecule has 0 atom stereocenters. The molecule has 0 aliphatic carbocycles. The maximum absolute atomic E-state index is 11.6. The number of phenolic OH excluding ortho intramolecular Hbond substituents is 1. The van der Waals surface area contributed by atoms with Crippen molar-refractivity contribution in [3.63, 3.8) is 0 Å². The number of aliphatic hydroxyl groups excluding tert-OH is 1. The lowest BCUT2D eigenvalue weighted by atomic mass is 9.75.